The first-order chi connectivity index (χ1) is 12.0. The summed E-state index contributed by atoms with van der Waals surface area (Å²) in [7, 11) is 0. The first-order valence-electron chi connectivity index (χ1n) is 8.28. The van der Waals surface area contributed by atoms with Crippen LogP contribution in [0.15, 0.2) is 28.4 Å². The van der Waals surface area contributed by atoms with Gasteiger partial charge in [-0.25, -0.2) is 4.98 Å². The van der Waals surface area contributed by atoms with Crippen molar-refractivity contribution in [3.63, 3.8) is 0 Å². The maximum absolute atomic E-state index is 12.5. The molecule has 1 N–H and O–H groups in total. The lowest BCUT2D eigenvalue weighted by atomic mass is 10.2. The van der Waals surface area contributed by atoms with E-state index >= 15 is 0 Å². The van der Waals surface area contributed by atoms with Crippen LogP contribution in [0.3, 0.4) is 0 Å². The van der Waals surface area contributed by atoms with Gasteiger partial charge in [-0.05, 0) is 19.9 Å². The molecular formula is C17H22N4O3S. The van der Waals surface area contributed by atoms with E-state index in [4.69, 9.17) is 4.42 Å². The second-order valence-corrected chi connectivity index (χ2v) is 7.23. The number of nitrogens with one attached hydrogen (secondary N) is 1. The van der Waals surface area contributed by atoms with Gasteiger partial charge in [-0.2, -0.15) is 0 Å². The van der Waals surface area contributed by atoms with Crippen molar-refractivity contribution in [2.24, 2.45) is 0 Å². The number of furan rings is 1. The Morgan fingerprint density at radius 3 is 2.72 bits per heavy atom. The molecule has 0 saturated carbocycles. The van der Waals surface area contributed by atoms with Gasteiger partial charge in [0.25, 0.3) is 5.91 Å². The Morgan fingerprint density at radius 1 is 1.36 bits per heavy atom. The van der Waals surface area contributed by atoms with Gasteiger partial charge < -0.3 is 14.6 Å². The van der Waals surface area contributed by atoms with Crippen LogP contribution in [-0.4, -0.2) is 58.8 Å². The number of amides is 2. The smallest absolute Gasteiger partial charge is 0.255 e. The lowest BCUT2D eigenvalue weighted by Gasteiger charge is -2.35. The summed E-state index contributed by atoms with van der Waals surface area (Å²) in [6, 6.07) is 1.01. The number of aromatic nitrogens is 1. The monoisotopic (exact) mass is 362 g/mol. The molecule has 1 fully saturated rings. The van der Waals surface area contributed by atoms with E-state index in [1.54, 1.807) is 24.3 Å². The van der Waals surface area contributed by atoms with Gasteiger partial charge >= 0.3 is 0 Å². The van der Waals surface area contributed by atoms with Crippen LogP contribution in [0.25, 0.3) is 0 Å². The summed E-state index contributed by atoms with van der Waals surface area (Å²) < 4.78 is 4.89. The van der Waals surface area contributed by atoms with Crippen LogP contribution in [0.4, 0.5) is 0 Å². The summed E-state index contributed by atoms with van der Waals surface area (Å²) in [5.74, 6) is -0.354. The van der Waals surface area contributed by atoms with Crippen molar-refractivity contribution < 1.29 is 14.0 Å². The first kappa shape index (κ1) is 17.6. The third-order valence-corrected chi connectivity index (χ3v) is 5.06. The van der Waals surface area contributed by atoms with E-state index in [1.165, 1.54) is 12.5 Å². The van der Waals surface area contributed by atoms with Gasteiger partial charge in [0.1, 0.15) is 12.3 Å². The molecule has 2 aromatic heterocycles. The Kier molecular flexibility index (Phi) is 5.50. The van der Waals surface area contributed by atoms with Gasteiger partial charge in [0.2, 0.25) is 5.91 Å². The molecule has 0 unspecified atom stereocenters. The molecule has 1 aliphatic heterocycles. The van der Waals surface area contributed by atoms with Gasteiger partial charge in [-0.1, -0.05) is 0 Å². The number of rotatable bonds is 5. The van der Waals surface area contributed by atoms with E-state index in [1.807, 2.05) is 11.8 Å². The molecule has 1 atom stereocenters. The summed E-state index contributed by atoms with van der Waals surface area (Å²) in [6.45, 7) is 7.48. The average Bonchev–Trinajstić information content (AvgIpc) is 3.27. The average molecular weight is 362 g/mol. The van der Waals surface area contributed by atoms with Gasteiger partial charge in [0.15, 0.2) is 0 Å². The highest BCUT2D eigenvalue weighted by molar-refractivity contribution is 7.09. The highest BCUT2D eigenvalue weighted by Gasteiger charge is 2.26. The summed E-state index contributed by atoms with van der Waals surface area (Å²) in [4.78, 5) is 33.1. The Balaban J connectivity index is 1.46. The number of carbonyl (C=O) groups is 2. The van der Waals surface area contributed by atoms with Crippen LogP contribution in [0, 0.1) is 6.92 Å². The molecular weight excluding hydrogens is 340 g/mol. The number of nitrogens with zero attached hydrogens (tertiary/aromatic N) is 3. The molecule has 0 bridgehead atoms. The van der Waals surface area contributed by atoms with E-state index in [-0.39, 0.29) is 11.8 Å². The predicted octanol–water partition coefficient (Wildman–Crippen LogP) is 1.51. The standard InChI is InChI=1S/C17H22N4O3S/c1-12(18-16(22)14-3-8-24-10-14)17(23)21-6-4-20(5-7-21)9-15-11-25-13(2)19-15/h3,8,10-12H,4-7,9H2,1-2H3,(H,18,22)/t12-/m0/s1. The van der Waals surface area contributed by atoms with Gasteiger partial charge in [0, 0.05) is 38.1 Å². The Hall–Kier alpha value is -2.19. The first-order valence-corrected chi connectivity index (χ1v) is 9.16. The molecule has 1 aliphatic rings. The van der Waals surface area contributed by atoms with Crippen molar-refractivity contribution in [2.75, 3.05) is 26.2 Å². The highest BCUT2D eigenvalue weighted by atomic mass is 32.1. The number of aryl methyl sites for hydroxylation is 1. The highest BCUT2D eigenvalue weighted by Crippen LogP contribution is 2.13. The molecule has 7 nitrogen and oxygen atoms in total. The summed E-state index contributed by atoms with van der Waals surface area (Å²) in [6.07, 6.45) is 2.80. The van der Waals surface area contributed by atoms with Crippen LogP contribution in [-0.2, 0) is 11.3 Å². The van der Waals surface area contributed by atoms with Crippen molar-refractivity contribution in [1.29, 1.82) is 0 Å². The lowest BCUT2D eigenvalue weighted by Crippen LogP contribution is -2.53. The summed E-state index contributed by atoms with van der Waals surface area (Å²) in [5.41, 5.74) is 1.51. The third-order valence-electron chi connectivity index (χ3n) is 4.24. The second-order valence-electron chi connectivity index (χ2n) is 6.17. The van der Waals surface area contributed by atoms with E-state index in [2.05, 4.69) is 20.6 Å². The third kappa shape index (κ3) is 4.46. The SMILES string of the molecule is Cc1nc(CN2CCN(C(=O)[C@H](C)NC(=O)c3ccoc3)CC2)cs1. The minimum atomic E-state index is -0.560. The van der Waals surface area contributed by atoms with Gasteiger partial charge in [-0.3, -0.25) is 14.5 Å². The van der Waals surface area contributed by atoms with Crippen LogP contribution in [0.1, 0.15) is 28.0 Å². The Bertz CT molecular complexity index is 720. The normalized spacial score (nSPS) is 16.6. The molecule has 3 rings (SSSR count). The topological polar surface area (TPSA) is 78.7 Å². The molecule has 0 aromatic carbocycles. The zero-order valence-electron chi connectivity index (χ0n) is 14.4. The predicted molar refractivity (Wildman–Crippen MR) is 94.3 cm³/mol. The molecule has 0 radical (unpaired) electrons. The van der Waals surface area contributed by atoms with Crippen molar-refractivity contribution >= 4 is 23.2 Å². The molecule has 134 valence electrons. The second kappa shape index (κ2) is 7.79. The largest absolute Gasteiger partial charge is 0.472 e. The molecule has 2 amide bonds. The molecule has 3 heterocycles. The Morgan fingerprint density at radius 2 is 2.12 bits per heavy atom. The zero-order chi connectivity index (χ0) is 17.8. The van der Waals surface area contributed by atoms with E-state index in [0.717, 1.165) is 30.3 Å². The van der Waals surface area contributed by atoms with Crippen molar-refractivity contribution in [2.45, 2.75) is 26.4 Å². The lowest BCUT2D eigenvalue weighted by molar-refractivity contribution is -0.134. The number of hydrogen-bond acceptors (Lipinski definition) is 6. The van der Waals surface area contributed by atoms with Gasteiger partial charge in [-0.15, -0.1) is 11.3 Å². The van der Waals surface area contributed by atoms with Crippen LogP contribution in [0.2, 0.25) is 0 Å². The minimum Gasteiger partial charge on any atom is -0.472 e. The van der Waals surface area contributed by atoms with Crippen molar-refractivity contribution in [3.8, 4) is 0 Å². The number of thiazole rings is 1. The van der Waals surface area contributed by atoms with Crippen LogP contribution < -0.4 is 5.32 Å². The fraction of sp³-hybridized carbons (Fsp3) is 0.471. The summed E-state index contributed by atoms with van der Waals surface area (Å²) in [5, 5.41) is 5.88. The van der Waals surface area contributed by atoms with Crippen molar-refractivity contribution in [1.82, 2.24) is 20.1 Å². The van der Waals surface area contributed by atoms with Crippen molar-refractivity contribution in [3.05, 3.63) is 40.2 Å². The fourth-order valence-corrected chi connectivity index (χ4v) is 3.45. The zero-order valence-corrected chi connectivity index (χ0v) is 15.2. The number of carbonyl (C=O) groups excluding carboxylic acids is 2. The molecule has 0 spiro atoms. The maximum atomic E-state index is 12.5. The quantitative estimate of drug-likeness (QED) is 0.872. The molecule has 8 heteroatoms. The van der Waals surface area contributed by atoms with Crippen LogP contribution >= 0.6 is 11.3 Å². The fourth-order valence-electron chi connectivity index (χ4n) is 2.85. The van der Waals surface area contributed by atoms with E-state index in [9.17, 15) is 9.59 Å². The van der Waals surface area contributed by atoms with Crippen LogP contribution in [0.5, 0.6) is 0 Å². The van der Waals surface area contributed by atoms with E-state index < -0.39 is 6.04 Å². The Labute approximate surface area is 150 Å². The van der Waals surface area contributed by atoms with Gasteiger partial charge in [0.05, 0.1) is 22.5 Å². The molecule has 25 heavy (non-hydrogen) atoms. The molecule has 0 aliphatic carbocycles. The molecule has 1 saturated heterocycles. The minimum absolute atomic E-state index is 0.0546. The maximum Gasteiger partial charge on any atom is 0.255 e. The summed E-state index contributed by atoms with van der Waals surface area (Å²) >= 11 is 1.66. The molecule has 2 aromatic rings. The number of hydrogen-bond donors (Lipinski definition) is 1. The van der Waals surface area contributed by atoms with E-state index in [0.29, 0.717) is 18.7 Å². The number of piperazine rings is 1.